The standard InChI is InChI=1S/C16H26N2O2/c1-5-20-16(8-6-7-11(2)9-16)15-17-10-14(13(4)19)12(3)18-15/h10-11,13,19H,5-9H2,1-4H3/t11?,13-,16?/m0/s1. The van der Waals surface area contributed by atoms with Crippen molar-refractivity contribution in [3.8, 4) is 0 Å². The Morgan fingerprint density at radius 2 is 2.30 bits per heavy atom. The van der Waals surface area contributed by atoms with E-state index in [1.165, 1.54) is 6.42 Å². The number of aromatic nitrogens is 2. The highest BCUT2D eigenvalue weighted by Crippen LogP contribution is 2.41. The summed E-state index contributed by atoms with van der Waals surface area (Å²) >= 11 is 0. The van der Waals surface area contributed by atoms with Crippen LogP contribution in [0.15, 0.2) is 6.20 Å². The average molecular weight is 278 g/mol. The van der Waals surface area contributed by atoms with Crippen LogP contribution >= 0.6 is 0 Å². The molecular formula is C16H26N2O2. The summed E-state index contributed by atoms with van der Waals surface area (Å²) in [5, 5.41) is 9.70. The van der Waals surface area contributed by atoms with Gasteiger partial charge >= 0.3 is 0 Å². The van der Waals surface area contributed by atoms with Gasteiger partial charge in [0.25, 0.3) is 0 Å². The lowest BCUT2D eigenvalue weighted by molar-refractivity contribution is -0.0882. The number of nitrogens with zero attached hydrogens (tertiary/aromatic N) is 2. The molecule has 3 atom stereocenters. The summed E-state index contributed by atoms with van der Waals surface area (Å²) in [6.07, 6.45) is 5.59. The zero-order valence-corrected chi connectivity index (χ0v) is 13.0. The summed E-state index contributed by atoms with van der Waals surface area (Å²) < 4.78 is 6.09. The third-order valence-electron chi connectivity index (χ3n) is 4.25. The van der Waals surface area contributed by atoms with E-state index >= 15 is 0 Å². The molecule has 1 N–H and O–H groups in total. The summed E-state index contributed by atoms with van der Waals surface area (Å²) in [6, 6.07) is 0. The molecular weight excluding hydrogens is 252 g/mol. The maximum absolute atomic E-state index is 9.70. The number of aliphatic hydroxyl groups excluding tert-OH is 1. The molecule has 1 aliphatic carbocycles. The Balaban J connectivity index is 2.36. The van der Waals surface area contributed by atoms with E-state index < -0.39 is 6.10 Å². The maximum Gasteiger partial charge on any atom is 0.160 e. The summed E-state index contributed by atoms with van der Waals surface area (Å²) in [7, 11) is 0. The largest absolute Gasteiger partial charge is 0.389 e. The molecule has 0 saturated heterocycles. The molecule has 1 fully saturated rings. The molecule has 20 heavy (non-hydrogen) atoms. The Morgan fingerprint density at radius 3 is 2.85 bits per heavy atom. The second-order valence-electron chi connectivity index (χ2n) is 6.04. The van der Waals surface area contributed by atoms with E-state index in [-0.39, 0.29) is 5.60 Å². The minimum atomic E-state index is -0.530. The smallest absolute Gasteiger partial charge is 0.160 e. The quantitative estimate of drug-likeness (QED) is 0.918. The van der Waals surface area contributed by atoms with Crippen LogP contribution in [0.4, 0.5) is 0 Å². The minimum absolute atomic E-state index is 0.339. The lowest BCUT2D eigenvalue weighted by Gasteiger charge is -2.38. The van der Waals surface area contributed by atoms with Crippen molar-refractivity contribution in [2.45, 2.75) is 65.1 Å². The van der Waals surface area contributed by atoms with Gasteiger partial charge in [-0.1, -0.05) is 13.3 Å². The molecule has 112 valence electrons. The van der Waals surface area contributed by atoms with Crippen molar-refractivity contribution in [1.29, 1.82) is 0 Å². The Bertz CT molecular complexity index is 458. The van der Waals surface area contributed by atoms with Crippen LogP contribution in [0.25, 0.3) is 0 Å². The summed E-state index contributed by atoms with van der Waals surface area (Å²) in [6.45, 7) is 8.64. The Hall–Kier alpha value is -1.00. The van der Waals surface area contributed by atoms with E-state index in [0.29, 0.717) is 12.5 Å². The van der Waals surface area contributed by atoms with E-state index in [0.717, 1.165) is 36.3 Å². The molecule has 0 amide bonds. The van der Waals surface area contributed by atoms with Crippen LogP contribution in [0.1, 0.15) is 69.6 Å². The van der Waals surface area contributed by atoms with Gasteiger partial charge in [0.05, 0.1) is 6.10 Å². The van der Waals surface area contributed by atoms with E-state index in [1.807, 2.05) is 13.8 Å². The fourth-order valence-corrected chi connectivity index (χ4v) is 3.28. The van der Waals surface area contributed by atoms with Crippen molar-refractivity contribution in [1.82, 2.24) is 9.97 Å². The molecule has 0 aromatic carbocycles. The van der Waals surface area contributed by atoms with E-state index in [4.69, 9.17) is 4.74 Å². The van der Waals surface area contributed by atoms with E-state index in [2.05, 4.69) is 16.9 Å². The number of aryl methyl sites for hydroxylation is 1. The van der Waals surface area contributed by atoms with Crippen LogP contribution in [0, 0.1) is 12.8 Å². The van der Waals surface area contributed by atoms with Gasteiger partial charge < -0.3 is 9.84 Å². The molecule has 4 heteroatoms. The van der Waals surface area contributed by atoms with Crippen molar-refractivity contribution in [2.75, 3.05) is 6.61 Å². The first kappa shape index (κ1) is 15.4. The van der Waals surface area contributed by atoms with E-state index in [1.54, 1.807) is 13.1 Å². The lowest BCUT2D eigenvalue weighted by Crippen LogP contribution is -2.37. The number of rotatable bonds is 4. The highest BCUT2D eigenvalue weighted by atomic mass is 16.5. The normalized spacial score (nSPS) is 28.4. The Morgan fingerprint density at radius 1 is 1.55 bits per heavy atom. The predicted molar refractivity (Wildman–Crippen MR) is 78.3 cm³/mol. The molecule has 0 radical (unpaired) electrons. The zero-order chi connectivity index (χ0) is 14.8. The molecule has 0 spiro atoms. The zero-order valence-electron chi connectivity index (χ0n) is 13.0. The second kappa shape index (κ2) is 6.19. The highest BCUT2D eigenvalue weighted by Gasteiger charge is 2.40. The Labute approximate surface area is 121 Å². The van der Waals surface area contributed by atoms with Gasteiger partial charge in [0.15, 0.2) is 5.82 Å². The van der Waals surface area contributed by atoms with Gasteiger partial charge in [-0.2, -0.15) is 0 Å². The highest BCUT2D eigenvalue weighted by molar-refractivity contribution is 5.20. The fraction of sp³-hybridized carbons (Fsp3) is 0.750. The molecule has 1 aromatic heterocycles. The molecule has 0 bridgehead atoms. The van der Waals surface area contributed by atoms with Gasteiger partial charge in [0.2, 0.25) is 0 Å². The van der Waals surface area contributed by atoms with Crippen molar-refractivity contribution < 1.29 is 9.84 Å². The summed E-state index contributed by atoms with van der Waals surface area (Å²) in [4.78, 5) is 9.16. The lowest BCUT2D eigenvalue weighted by atomic mass is 9.78. The van der Waals surface area contributed by atoms with Gasteiger partial charge in [-0.05, 0) is 46.0 Å². The Kier molecular flexibility index (Phi) is 4.76. The molecule has 2 rings (SSSR count). The third-order valence-corrected chi connectivity index (χ3v) is 4.25. The second-order valence-corrected chi connectivity index (χ2v) is 6.04. The van der Waals surface area contributed by atoms with Gasteiger partial charge in [0, 0.05) is 24.1 Å². The maximum atomic E-state index is 9.70. The molecule has 1 aromatic rings. The first-order valence-electron chi connectivity index (χ1n) is 7.64. The number of ether oxygens (including phenoxy) is 1. The fourth-order valence-electron chi connectivity index (χ4n) is 3.28. The van der Waals surface area contributed by atoms with Crippen molar-refractivity contribution >= 4 is 0 Å². The molecule has 4 nitrogen and oxygen atoms in total. The van der Waals surface area contributed by atoms with Gasteiger partial charge in [-0.25, -0.2) is 9.97 Å². The summed E-state index contributed by atoms with van der Waals surface area (Å²) in [5.41, 5.74) is 1.31. The first-order valence-corrected chi connectivity index (χ1v) is 7.64. The number of hydrogen-bond donors (Lipinski definition) is 1. The number of hydrogen-bond acceptors (Lipinski definition) is 4. The average Bonchev–Trinajstić information content (AvgIpc) is 2.38. The molecule has 0 aliphatic heterocycles. The molecule has 1 saturated carbocycles. The first-order chi connectivity index (χ1) is 9.48. The van der Waals surface area contributed by atoms with Crippen LogP contribution in [0.2, 0.25) is 0 Å². The van der Waals surface area contributed by atoms with Gasteiger partial charge in [0.1, 0.15) is 5.60 Å². The van der Waals surface area contributed by atoms with Gasteiger partial charge in [-0.3, -0.25) is 0 Å². The monoisotopic (exact) mass is 278 g/mol. The van der Waals surface area contributed by atoms with Crippen LogP contribution in [0.3, 0.4) is 0 Å². The molecule has 2 unspecified atom stereocenters. The van der Waals surface area contributed by atoms with Crippen LogP contribution < -0.4 is 0 Å². The van der Waals surface area contributed by atoms with E-state index in [9.17, 15) is 5.11 Å². The SMILES string of the molecule is CCOC1(c2ncc([C@H](C)O)c(C)n2)CCCC(C)C1. The van der Waals surface area contributed by atoms with Crippen molar-refractivity contribution in [3.05, 3.63) is 23.3 Å². The van der Waals surface area contributed by atoms with Crippen LogP contribution in [-0.4, -0.2) is 21.7 Å². The topological polar surface area (TPSA) is 55.2 Å². The van der Waals surface area contributed by atoms with Crippen molar-refractivity contribution in [3.63, 3.8) is 0 Å². The third kappa shape index (κ3) is 3.01. The molecule has 1 heterocycles. The van der Waals surface area contributed by atoms with Crippen molar-refractivity contribution in [2.24, 2.45) is 5.92 Å². The van der Waals surface area contributed by atoms with Crippen LogP contribution in [-0.2, 0) is 10.3 Å². The molecule has 1 aliphatic rings. The van der Waals surface area contributed by atoms with Crippen LogP contribution in [0.5, 0.6) is 0 Å². The predicted octanol–water partition coefficient (Wildman–Crippen LogP) is 3.28. The number of aliphatic hydroxyl groups is 1. The minimum Gasteiger partial charge on any atom is -0.389 e. The van der Waals surface area contributed by atoms with Gasteiger partial charge in [-0.15, -0.1) is 0 Å². The summed E-state index contributed by atoms with van der Waals surface area (Å²) in [5.74, 6) is 1.42.